The van der Waals surface area contributed by atoms with Crippen LogP contribution in [0, 0.1) is 0 Å². The Morgan fingerprint density at radius 2 is 1.89 bits per heavy atom. The van der Waals surface area contributed by atoms with Crippen LogP contribution in [0.5, 0.6) is 0 Å². The maximum atomic E-state index is 13.2. The van der Waals surface area contributed by atoms with Crippen LogP contribution in [0.1, 0.15) is 69.9 Å². The fourth-order valence-electron chi connectivity index (χ4n) is 3.46. The van der Waals surface area contributed by atoms with Crippen LogP contribution in [0.3, 0.4) is 0 Å². The van der Waals surface area contributed by atoms with Crippen molar-refractivity contribution in [1.29, 1.82) is 0 Å². The highest BCUT2D eigenvalue weighted by atomic mass is 35.5. The van der Waals surface area contributed by atoms with Gasteiger partial charge >= 0.3 is 6.09 Å². The van der Waals surface area contributed by atoms with E-state index in [0.29, 0.717) is 15.9 Å². The Balaban J connectivity index is 2.10. The van der Waals surface area contributed by atoms with Crippen LogP contribution in [-0.2, 0) is 9.53 Å². The minimum absolute atomic E-state index is 0.0369. The van der Waals surface area contributed by atoms with Crippen LogP contribution in [0.15, 0.2) is 12.3 Å². The first-order valence-corrected chi connectivity index (χ1v) is 9.58. The van der Waals surface area contributed by atoms with Crippen molar-refractivity contribution in [1.82, 2.24) is 19.4 Å². The summed E-state index contributed by atoms with van der Waals surface area (Å²) < 4.78 is 7.03. The third-order valence-electron chi connectivity index (χ3n) is 4.55. The van der Waals surface area contributed by atoms with Gasteiger partial charge in [0.1, 0.15) is 16.9 Å². The summed E-state index contributed by atoms with van der Waals surface area (Å²) in [6, 6.07) is 1.63. The van der Waals surface area contributed by atoms with Gasteiger partial charge in [0.2, 0.25) is 11.2 Å². The Morgan fingerprint density at radius 1 is 1.25 bits per heavy atom. The van der Waals surface area contributed by atoms with E-state index in [1.807, 2.05) is 0 Å². The van der Waals surface area contributed by atoms with Crippen LogP contribution in [0.2, 0.25) is 5.28 Å². The maximum Gasteiger partial charge on any atom is 0.424 e. The Morgan fingerprint density at radius 3 is 2.46 bits per heavy atom. The van der Waals surface area contributed by atoms with E-state index in [-0.39, 0.29) is 17.0 Å². The average Bonchev–Trinajstić information content (AvgIpc) is 3.18. The van der Waals surface area contributed by atoms with Gasteiger partial charge in [-0.2, -0.15) is 9.88 Å². The molecule has 1 fully saturated rings. The average molecular weight is 407 g/mol. The van der Waals surface area contributed by atoms with Gasteiger partial charge in [0.15, 0.2) is 0 Å². The first-order valence-electron chi connectivity index (χ1n) is 9.20. The third kappa shape index (κ3) is 4.01. The van der Waals surface area contributed by atoms with Crippen molar-refractivity contribution in [3.63, 3.8) is 0 Å². The second kappa shape index (κ2) is 7.50. The fraction of sp³-hybridized carbons (Fsp3) is 0.526. The van der Waals surface area contributed by atoms with Gasteiger partial charge in [0, 0.05) is 24.5 Å². The molecule has 1 saturated carbocycles. The number of nitrogens with zero attached hydrogens (tertiary/aromatic N) is 4. The molecule has 2 aromatic rings. The summed E-state index contributed by atoms with van der Waals surface area (Å²) in [6.07, 6.45) is 4.32. The zero-order chi connectivity index (χ0) is 20.6. The standard InChI is InChI=1S/C19H23ClN4O4/c1-11(25)23(18(27)28-19(2,3)4)16(26)14-9-12-10-21-17(20)22-15(12)24(14)13-7-5-6-8-13/h9-10,13H,5-8H2,1-4H3. The lowest BCUT2D eigenvalue weighted by Gasteiger charge is -2.25. The Labute approximate surface area is 167 Å². The van der Waals surface area contributed by atoms with Crippen molar-refractivity contribution in [2.45, 2.75) is 65.0 Å². The number of fused-ring (bicyclic) bond motifs is 1. The molecule has 3 amide bonds. The highest BCUT2D eigenvalue weighted by molar-refractivity contribution is 6.28. The van der Waals surface area contributed by atoms with E-state index in [4.69, 9.17) is 16.3 Å². The van der Waals surface area contributed by atoms with Crippen LogP contribution >= 0.6 is 11.6 Å². The molecule has 0 N–H and O–H groups in total. The lowest BCUT2D eigenvalue weighted by Crippen LogP contribution is -2.44. The predicted octanol–water partition coefficient (Wildman–Crippen LogP) is 4.12. The number of carbonyl (C=O) groups is 3. The van der Waals surface area contributed by atoms with Crippen LogP contribution in [0.4, 0.5) is 4.79 Å². The molecule has 0 saturated heterocycles. The molecule has 8 nitrogen and oxygen atoms in total. The van der Waals surface area contributed by atoms with Gasteiger partial charge < -0.3 is 9.30 Å². The molecule has 28 heavy (non-hydrogen) atoms. The zero-order valence-corrected chi connectivity index (χ0v) is 17.1. The topological polar surface area (TPSA) is 94.4 Å². The molecular weight excluding hydrogens is 384 g/mol. The van der Waals surface area contributed by atoms with Gasteiger partial charge in [0.25, 0.3) is 5.91 Å². The van der Waals surface area contributed by atoms with Crippen LogP contribution in [-0.4, -0.2) is 42.9 Å². The minimum atomic E-state index is -1.00. The summed E-state index contributed by atoms with van der Waals surface area (Å²) >= 11 is 5.96. The largest absolute Gasteiger partial charge is 0.443 e. The second-order valence-electron chi connectivity index (χ2n) is 7.90. The smallest absolute Gasteiger partial charge is 0.424 e. The van der Waals surface area contributed by atoms with Crippen molar-refractivity contribution in [3.05, 3.63) is 23.2 Å². The molecule has 0 atom stereocenters. The Hall–Kier alpha value is -2.48. The van der Waals surface area contributed by atoms with Crippen molar-refractivity contribution in [2.75, 3.05) is 0 Å². The normalized spacial score (nSPS) is 15.0. The highest BCUT2D eigenvalue weighted by Crippen LogP contribution is 2.35. The summed E-state index contributed by atoms with van der Waals surface area (Å²) in [5.41, 5.74) is -0.134. The first kappa shape index (κ1) is 20.3. The number of amides is 3. The maximum absolute atomic E-state index is 13.2. The number of ether oxygens (including phenoxy) is 1. The van der Waals surface area contributed by atoms with Gasteiger partial charge in [-0.15, -0.1) is 0 Å². The van der Waals surface area contributed by atoms with E-state index in [9.17, 15) is 14.4 Å². The van der Waals surface area contributed by atoms with E-state index >= 15 is 0 Å². The lowest BCUT2D eigenvalue weighted by atomic mass is 10.2. The van der Waals surface area contributed by atoms with E-state index in [2.05, 4.69) is 9.97 Å². The molecule has 0 aliphatic heterocycles. The number of rotatable bonds is 2. The van der Waals surface area contributed by atoms with E-state index < -0.39 is 23.5 Å². The van der Waals surface area contributed by atoms with Crippen molar-refractivity contribution in [2.24, 2.45) is 0 Å². The summed E-state index contributed by atoms with van der Waals surface area (Å²) in [5.74, 6) is -1.46. The first-order chi connectivity index (χ1) is 13.1. The summed E-state index contributed by atoms with van der Waals surface area (Å²) in [4.78, 5) is 46.7. The van der Waals surface area contributed by atoms with Gasteiger partial charge in [-0.05, 0) is 51.3 Å². The molecule has 150 valence electrons. The summed E-state index contributed by atoms with van der Waals surface area (Å²) in [5, 5.41) is 0.687. The Bertz CT molecular complexity index is 941. The van der Waals surface area contributed by atoms with Gasteiger partial charge in [-0.1, -0.05) is 12.8 Å². The zero-order valence-electron chi connectivity index (χ0n) is 16.4. The molecule has 3 rings (SSSR count). The number of carbonyl (C=O) groups excluding carboxylic acids is 3. The molecule has 2 aromatic heterocycles. The molecule has 2 heterocycles. The van der Waals surface area contributed by atoms with Crippen molar-refractivity contribution < 1.29 is 19.1 Å². The van der Waals surface area contributed by atoms with E-state index in [1.54, 1.807) is 31.4 Å². The van der Waals surface area contributed by atoms with E-state index in [0.717, 1.165) is 32.6 Å². The molecule has 0 bridgehead atoms. The van der Waals surface area contributed by atoms with Crippen LogP contribution < -0.4 is 0 Å². The van der Waals surface area contributed by atoms with E-state index in [1.165, 1.54) is 6.20 Å². The van der Waals surface area contributed by atoms with Gasteiger partial charge in [0.05, 0.1) is 0 Å². The lowest BCUT2D eigenvalue weighted by molar-refractivity contribution is -0.125. The minimum Gasteiger partial charge on any atom is -0.443 e. The predicted molar refractivity (Wildman–Crippen MR) is 103 cm³/mol. The molecule has 0 aromatic carbocycles. The number of aromatic nitrogens is 3. The van der Waals surface area contributed by atoms with Gasteiger partial charge in [-0.3, -0.25) is 9.59 Å². The number of hydrogen-bond donors (Lipinski definition) is 0. The SMILES string of the molecule is CC(=O)N(C(=O)OC(C)(C)C)C(=O)c1cc2cnc(Cl)nc2n1C1CCCC1. The molecule has 9 heteroatoms. The molecule has 0 unspecified atom stereocenters. The fourth-order valence-corrected chi connectivity index (χ4v) is 3.59. The molecule has 1 aliphatic carbocycles. The van der Waals surface area contributed by atoms with Crippen molar-refractivity contribution in [3.8, 4) is 0 Å². The number of hydrogen-bond acceptors (Lipinski definition) is 6. The number of imide groups is 3. The third-order valence-corrected chi connectivity index (χ3v) is 4.73. The molecular formula is C19H23ClN4O4. The highest BCUT2D eigenvalue weighted by Gasteiger charge is 2.35. The monoisotopic (exact) mass is 406 g/mol. The molecule has 0 spiro atoms. The van der Waals surface area contributed by atoms with Gasteiger partial charge in [-0.25, -0.2) is 9.78 Å². The quantitative estimate of drug-likeness (QED) is 0.696. The number of halogens is 1. The summed E-state index contributed by atoms with van der Waals surface area (Å²) in [7, 11) is 0. The van der Waals surface area contributed by atoms with Crippen molar-refractivity contribution >= 4 is 40.5 Å². The summed E-state index contributed by atoms with van der Waals surface area (Å²) in [6.45, 7) is 6.16. The molecule has 1 aliphatic rings. The van der Waals surface area contributed by atoms with Crippen LogP contribution in [0.25, 0.3) is 11.0 Å². The Kier molecular flexibility index (Phi) is 5.43. The molecule has 0 radical (unpaired) electrons. The second-order valence-corrected chi connectivity index (χ2v) is 8.23.